The molecule has 0 aliphatic heterocycles. The number of nitrogens with zero attached hydrogens (tertiary/aromatic N) is 3. The number of ether oxygens (including phenoxy) is 1. The van der Waals surface area contributed by atoms with Crippen molar-refractivity contribution in [3.8, 4) is 11.4 Å². The highest BCUT2D eigenvalue weighted by molar-refractivity contribution is 5.47. The Bertz CT molecular complexity index is 859. The minimum atomic E-state index is -0.468. The fraction of sp³-hybridized carbons (Fsp3) is 0.0833. The normalized spacial score (nSPS) is 10.8. The molecule has 1 N–H and O–H groups in total. The monoisotopic (exact) mass is 258 g/mol. The van der Waals surface area contributed by atoms with Crippen molar-refractivity contribution >= 4 is 5.52 Å². The van der Waals surface area contributed by atoms with Gasteiger partial charge in [-0.05, 0) is 18.2 Å². The molecule has 0 spiro atoms. The second-order valence-corrected chi connectivity index (χ2v) is 3.86. The van der Waals surface area contributed by atoms with Crippen molar-refractivity contribution in [1.82, 2.24) is 19.4 Å². The van der Waals surface area contributed by atoms with Crippen LogP contribution < -0.4 is 16.0 Å². The largest absolute Gasteiger partial charge is 0.494 e. The van der Waals surface area contributed by atoms with E-state index in [4.69, 9.17) is 4.74 Å². The summed E-state index contributed by atoms with van der Waals surface area (Å²) in [5, 5.41) is 6.35. The summed E-state index contributed by atoms with van der Waals surface area (Å²) in [5.74, 6) is 0.478. The third kappa shape index (κ3) is 1.63. The fourth-order valence-electron chi connectivity index (χ4n) is 1.91. The molecule has 19 heavy (non-hydrogen) atoms. The van der Waals surface area contributed by atoms with Gasteiger partial charge in [0, 0.05) is 0 Å². The first-order chi connectivity index (χ1) is 9.22. The minimum absolute atomic E-state index is 0.205. The SMILES string of the molecule is COc1ccccc1-n1[nH]c(=O)c2ccnn2c1=O. The Balaban J connectivity index is 2.40. The van der Waals surface area contributed by atoms with Gasteiger partial charge in [0.25, 0.3) is 5.56 Å². The number of benzene rings is 1. The summed E-state index contributed by atoms with van der Waals surface area (Å²) >= 11 is 0. The van der Waals surface area contributed by atoms with Crippen LogP contribution in [0.3, 0.4) is 0 Å². The number of fused-ring (bicyclic) bond motifs is 1. The van der Waals surface area contributed by atoms with Crippen LogP contribution in [0.5, 0.6) is 5.75 Å². The van der Waals surface area contributed by atoms with E-state index in [1.807, 2.05) is 0 Å². The Morgan fingerprint density at radius 1 is 1.21 bits per heavy atom. The second kappa shape index (κ2) is 4.13. The third-order valence-corrected chi connectivity index (χ3v) is 2.79. The summed E-state index contributed by atoms with van der Waals surface area (Å²) in [6.45, 7) is 0. The van der Waals surface area contributed by atoms with E-state index >= 15 is 0 Å². The molecule has 0 saturated heterocycles. The first-order valence-electron chi connectivity index (χ1n) is 5.55. The molecule has 2 aromatic heterocycles. The number of methoxy groups -OCH3 is 1. The van der Waals surface area contributed by atoms with E-state index in [1.54, 1.807) is 24.3 Å². The third-order valence-electron chi connectivity index (χ3n) is 2.79. The van der Waals surface area contributed by atoms with Crippen LogP contribution in [0.1, 0.15) is 0 Å². The first kappa shape index (κ1) is 11.3. The van der Waals surface area contributed by atoms with Gasteiger partial charge in [0.1, 0.15) is 17.0 Å². The van der Waals surface area contributed by atoms with Crippen molar-refractivity contribution in [1.29, 1.82) is 0 Å². The average Bonchev–Trinajstić information content (AvgIpc) is 2.93. The highest BCUT2D eigenvalue weighted by Crippen LogP contribution is 2.19. The van der Waals surface area contributed by atoms with Gasteiger partial charge >= 0.3 is 5.69 Å². The lowest BCUT2D eigenvalue weighted by Crippen LogP contribution is -2.34. The Kier molecular flexibility index (Phi) is 2.45. The Morgan fingerprint density at radius 2 is 2.00 bits per heavy atom. The summed E-state index contributed by atoms with van der Waals surface area (Å²) in [4.78, 5) is 24.1. The molecule has 96 valence electrons. The zero-order valence-electron chi connectivity index (χ0n) is 10.0. The Hall–Kier alpha value is -2.83. The molecule has 7 heteroatoms. The number of rotatable bonds is 2. The summed E-state index contributed by atoms with van der Waals surface area (Å²) in [5.41, 5.74) is -0.215. The minimum Gasteiger partial charge on any atom is -0.494 e. The van der Waals surface area contributed by atoms with E-state index < -0.39 is 11.2 Å². The lowest BCUT2D eigenvalue weighted by Gasteiger charge is -2.09. The van der Waals surface area contributed by atoms with E-state index in [0.717, 1.165) is 9.20 Å². The van der Waals surface area contributed by atoms with Crippen molar-refractivity contribution in [2.45, 2.75) is 0 Å². The standard InChI is InChI=1S/C12H10N4O3/c1-19-10-5-3-2-4-8(10)16-12(18)15-9(6-7-13-15)11(17)14-16/h2-7H,1H3,(H,14,17). The van der Waals surface area contributed by atoms with Gasteiger partial charge in [-0.1, -0.05) is 12.1 Å². The number of nitrogens with one attached hydrogen (secondary N) is 1. The van der Waals surface area contributed by atoms with E-state index in [2.05, 4.69) is 10.2 Å². The molecule has 3 aromatic rings. The summed E-state index contributed by atoms with van der Waals surface area (Å²) in [6, 6.07) is 8.37. The smallest absolute Gasteiger partial charge is 0.369 e. The van der Waals surface area contributed by atoms with Crippen LogP contribution in [-0.4, -0.2) is 26.5 Å². The van der Waals surface area contributed by atoms with E-state index in [1.165, 1.54) is 19.4 Å². The second-order valence-electron chi connectivity index (χ2n) is 3.86. The molecule has 0 bridgehead atoms. The van der Waals surface area contributed by atoms with Gasteiger partial charge in [0.05, 0.1) is 13.3 Å². The number of aromatic amines is 1. The van der Waals surface area contributed by atoms with Crippen LogP contribution in [0.25, 0.3) is 11.2 Å². The molecule has 3 rings (SSSR count). The quantitative estimate of drug-likeness (QED) is 0.711. The van der Waals surface area contributed by atoms with E-state index in [-0.39, 0.29) is 5.52 Å². The molecule has 2 heterocycles. The Labute approximate surface area is 106 Å². The number of para-hydroxylation sites is 2. The highest BCUT2D eigenvalue weighted by Gasteiger charge is 2.11. The summed E-state index contributed by atoms with van der Waals surface area (Å²) in [7, 11) is 1.49. The Morgan fingerprint density at radius 3 is 2.79 bits per heavy atom. The van der Waals surface area contributed by atoms with Gasteiger partial charge in [-0.2, -0.15) is 14.3 Å². The number of H-pyrrole nitrogens is 1. The van der Waals surface area contributed by atoms with E-state index in [0.29, 0.717) is 11.4 Å². The van der Waals surface area contributed by atoms with Gasteiger partial charge < -0.3 is 4.74 Å². The lowest BCUT2D eigenvalue weighted by molar-refractivity contribution is 0.410. The average molecular weight is 258 g/mol. The van der Waals surface area contributed by atoms with E-state index in [9.17, 15) is 9.59 Å². The maximum Gasteiger partial charge on any atom is 0.369 e. The van der Waals surface area contributed by atoms with Crippen molar-refractivity contribution in [2.24, 2.45) is 0 Å². The summed E-state index contributed by atoms with van der Waals surface area (Å²) in [6.07, 6.45) is 1.40. The van der Waals surface area contributed by atoms with Crippen LogP contribution in [0, 0.1) is 0 Å². The molecule has 0 fully saturated rings. The van der Waals surface area contributed by atoms with Crippen LogP contribution >= 0.6 is 0 Å². The summed E-state index contributed by atoms with van der Waals surface area (Å²) < 4.78 is 7.34. The maximum absolute atomic E-state index is 12.2. The predicted octanol–water partition coefficient (Wildman–Crippen LogP) is 0.182. The number of hydrogen-bond donors (Lipinski definition) is 1. The van der Waals surface area contributed by atoms with Crippen LogP contribution in [0.2, 0.25) is 0 Å². The van der Waals surface area contributed by atoms with Crippen LogP contribution in [0.15, 0.2) is 46.1 Å². The first-order valence-corrected chi connectivity index (χ1v) is 5.55. The molecule has 0 atom stereocenters. The fourth-order valence-corrected chi connectivity index (χ4v) is 1.91. The topological polar surface area (TPSA) is 81.4 Å². The molecule has 7 nitrogen and oxygen atoms in total. The van der Waals surface area contributed by atoms with Crippen molar-refractivity contribution in [3.05, 3.63) is 57.4 Å². The molecular formula is C12H10N4O3. The van der Waals surface area contributed by atoms with Crippen molar-refractivity contribution < 1.29 is 4.74 Å². The zero-order valence-corrected chi connectivity index (χ0v) is 10.0. The van der Waals surface area contributed by atoms with Crippen LogP contribution in [0.4, 0.5) is 0 Å². The molecule has 1 aromatic carbocycles. The highest BCUT2D eigenvalue weighted by atomic mass is 16.5. The molecular weight excluding hydrogens is 248 g/mol. The molecule has 0 unspecified atom stereocenters. The van der Waals surface area contributed by atoms with Gasteiger partial charge in [-0.25, -0.2) is 4.79 Å². The van der Waals surface area contributed by atoms with Crippen molar-refractivity contribution in [2.75, 3.05) is 7.11 Å². The maximum atomic E-state index is 12.2. The number of aromatic nitrogens is 4. The lowest BCUT2D eigenvalue weighted by atomic mass is 10.3. The number of hydrogen-bond acceptors (Lipinski definition) is 4. The molecule has 0 radical (unpaired) electrons. The predicted molar refractivity (Wildman–Crippen MR) is 68.0 cm³/mol. The van der Waals surface area contributed by atoms with Gasteiger partial charge in [-0.3, -0.25) is 9.89 Å². The van der Waals surface area contributed by atoms with Gasteiger partial charge in [0.15, 0.2) is 0 Å². The molecule has 0 amide bonds. The molecule has 0 aliphatic carbocycles. The molecule has 0 aliphatic rings. The van der Waals surface area contributed by atoms with Crippen molar-refractivity contribution in [3.63, 3.8) is 0 Å². The zero-order chi connectivity index (χ0) is 13.4. The van der Waals surface area contributed by atoms with Crippen LogP contribution in [-0.2, 0) is 0 Å². The van der Waals surface area contributed by atoms with Gasteiger partial charge in [0.2, 0.25) is 0 Å². The van der Waals surface area contributed by atoms with Gasteiger partial charge in [-0.15, -0.1) is 0 Å². The molecule has 0 saturated carbocycles.